The number of carbonyl (C=O) groups excluding carboxylic acids is 2. The van der Waals surface area contributed by atoms with E-state index in [4.69, 9.17) is 9.84 Å². The Morgan fingerprint density at radius 3 is 2.44 bits per heavy atom. The van der Waals surface area contributed by atoms with Crippen LogP contribution in [-0.2, 0) is 4.79 Å². The van der Waals surface area contributed by atoms with E-state index in [1.54, 1.807) is 18.2 Å². The minimum absolute atomic E-state index is 0.0185. The van der Waals surface area contributed by atoms with Gasteiger partial charge in [0.15, 0.2) is 23.0 Å². The van der Waals surface area contributed by atoms with Crippen LogP contribution in [-0.4, -0.2) is 57.4 Å². The fourth-order valence-electron chi connectivity index (χ4n) is 3.20. The fourth-order valence-corrected chi connectivity index (χ4v) is 3.20. The van der Waals surface area contributed by atoms with Crippen LogP contribution < -0.4 is 20.7 Å². The smallest absolute Gasteiger partial charge is 0.356 e. The van der Waals surface area contributed by atoms with E-state index in [1.165, 1.54) is 32.4 Å². The van der Waals surface area contributed by atoms with Crippen LogP contribution in [0.15, 0.2) is 36.4 Å². The maximum absolute atomic E-state index is 12.4. The van der Waals surface area contributed by atoms with Gasteiger partial charge in [-0.3, -0.25) is 9.59 Å². The monoisotopic (exact) mass is 463 g/mol. The lowest BCUT2D eigenvalue weighted by atomic mass is 10.1. The molecule has 174 valence electrons. The lowest BCUT2D eigenvalue weighted by Crippen LogP contribution is -2.22. The first-order chi connectivity index (χ1) is 16.4. The molecule has 0 atom stereocenters. The summed E-state index contributed by atoms with van der Waals surface area (Å²) >= 11 is 0. The molecule has 1 saturated carbocycles. The molecule has 2 amide bonds. The van der Waals surface area contributed by atoms with Crippen molar-refractivity contribution in [1.29, 1.82) is 0 Å². The standard InChI is InChI=1S/C22H21N7O5/c1-23-21(31)18-16(10-17(28-29-18)25-20(30)11-6-7-11)24-14-5-3-4-12(19(14)34-2)13-8-9-15(22(32)33)27-26-13/h3-5,8-11H,6-7H2,1-2H3,(H,23,31)(H,32,33)(H2,24,25,28,30). The van der Waals surface area contributed by atoms with Gasteiger partial charge in [0.1, 0.15) is 0 Å². The van der Waals surface area contributed by atoms with Crippen LogP contribution in [0.3, 0.4) is 0 Å². The van der Waals surface area contributed by atoms with Crippen molar-refractivity contribution in [1.82, 2.24) is 25.7 Å². The van der Waals surface area contributed by atoms with Gasteiger partial charge in [0, 0.05) is 24.6 Å². The average molecular weight is 463 g/mol. The molecule has 12 nitrogen and oxygen atoms in total. The molecule has 0 spiro atoms. The summed E-state index contributed by atoms with van der Waals surface area (Å²) < 4.78 is 5.59. The van der Waals surface area contributed by atoms with Crippen molar-refractivity contribution >= 4 is 35.0 Å². The van der Waals surface area contributed by atoms with Gasteiger partial charge in [-0.25, -0.2) is 4.79 Å². The molecule has 1 aliphatic carbocycles. The number of carbonyl (C=O) groups is 3. The topological polar surface area (TPSA) is 168 Å². The largest absolute Gasteiger partial charge is 0.494 e. The highest BCUT2D eigenvalue weighted by Gasteiger charge is 2.30. The minimum atomic E-state index is -1.18. The molecular weight excluding hydrogens is 442 g/mol. The van der Waals surface area contributed by atoms with Crippen LogP contribution in [0.1, 0.15) is 33.8 Å². The second kappa shape index (κ2) is 9.48. The van der Waals surface area contributed by atoms with Gasteiger partial charge in [-0.1, -0.05) is 6.07 Å². The highest BCUT2D eigenvalue weighted by atomic mass is 16.5. The number of carboxylic acid groups (broad SMARTS) is 1. The molecule has 2 heterocycles. The molecule has 0 radical (unpaired) electrons. The zero-order valence-corrected chi connectivity index (χ0v) is 18.3. The van der Waals surface area contributed by atoms with Crippen LogP contribution in [0.4, 0.5) is 17.2 Å². The van der Waals surface area contributed by atoms with E-state index in [2.05, 4.69) is 36.3 Å². The molecule has 34 heavy (non-hydrogen) atoms. The Morgan fingerprint density at radius 2 is 1.82 bits per heavy atom. The van der Waals surface area contributed by atoms with E-state index in [0.717, 1.165) is 12.8 Å². The second-order valence-electron chi connectivity index (χ2n) is 7.45. The molecule has 0 bridgehead atoms. The number of aromatic carboxylic acids is 1. The number of amides is 2. The number of hydrogen-bond donors (Lipinski definition) is 4. The molecule has 3 aromatic rings. The van der Waals surface area contributed by atoms with Gasteiger partial charge in [0.25, 0.3) is 5.91 Å². The molecule has 4 rings (SSSR count). The number of aromatic nitrogens is 4. The number of hydrogen-bond acceptors (Lipinski definition) is 9. The average Bonchev–Trinajstić information content (AvgIpc) is 3.69. The fraction of sp³-hybridized carbons (Fsp3) is 0.227. The lowest BCUT2D eigenvalue weighted by molar-refractivity contribution is -0.117. The molecule has 1 fully saturated rings. The number of nitrogens with zero attached hydrogens (tertiary/aromatic N) is 4. The van der Waals surface area contributed by atoms with Crippen molar-refractivity contribution in [3.05, 3.63) is 47.8 Å². The van der Waals surface area contributed by atoms with E-state index < -0.39 is 11.9 Å². The zero-order valence-electron chi connectivity index (χ0n) is 18.3. The Bertz CT molecular complexity index is 1260. The van der Waals surface area contributed by atoms with E-state index in [9.17, 15) is 14.4 Å². The SMILES string of the molecule is CNC(=O)c1nnc(NC(=O)C2CC2)cc1Nc1cccc(-c2ccc(C(=O)O)nn2)c1OC. The highest BCUT2D eigenvalue weighted by Crippen LogP contribution is 2.37. The third kappa shape index (κ3) is 4.75. The van der Waals surface area contributed by atoms with Gasteiger partial charge in [-0.05, 0) is 37.1 Å². The molecule has 0 unspecified atom stereocenters. The van der Waals surface area contributed by atoms with E-state index in [1.807, 2.05) is 0 Å². The Hall–Kier alpha value is -4.61. The molecule has 0 aliphatic heterocycles. The summed E-state index contributed by atoms with van der Waals surface area (Å²) in [5.74, 6) is -1.24. The van der Waals surface area contributed by atoms with E-state index >= 15 is 0 Å². The zero-order chi connectivity index (χ0) is 24.2. The van der Waals surface area contributed by atoms with Gasteiger partial charge < -0.3 is 25.8 Å². The summed E-state index contributed by atoms with van der Waals surface area (Å²) in [5.41, 5.74) is 1.54. The number of benzene rings is 1. The number of methoxy groups -OCH3 is 1. The summed E-state index contributed by atoms with van der Waals surface area (Å²) in [6, 6.07) is 9.57. The number of para-hydroxylation sites is 1. The predicted molar refractivity (Wildman–Crippen MR) is 121 cm³/mol. The van der Waals surface area contributed by atoms with Gasteiger partial charge in [-0.2, -0.15) is 0 Å². The normalized spacial score (nSPS) is 12.5. The Morgan fingerprint density at radius 1 is 1.03 bits per heavy atom. The summed E-state index contributed by atoms with van der Waals surface area (Å²) in [6.07, 6.45) is 1.67. The number of ether oxygens (including phenoxy) is 1. The van der Waals surface area contributed by atoms with Crippen molar-refractivity contribution in [2.24, 2.45) is 5.92 Å². The summed E-state index contributed by atoms with van der Waals surface area (Å²) in [4.78, 5) is 35.6. The van der Waals surface area contributed by atoms with Crippen molar-refractivity contribution in [3.8, 4) is 17.0 Å². The third-order valence-electron chi connectivity index (χ3n) is 5.08. The lowest BCUT2D eigenvalue weighted by Gasteiger charge is -2.16. The molecule has 0 saturated heterocycles. The predicted octanol–water partition coefficient (Wildman–Crippen LogP) is 2.09. The summed E-state index contributed by atoms with van der Waals surface area (Å²) in [7, 11) is 2.94. The molecular formula is C22H21N7O5. The van der Waals surface area contributed by atoms with Crippen LogP contribution >= 0.6 is 0 Å². The van der Waals surface area contributed by atoms with Crippen LogP contribution in [0, 0.1) is 5.92 Å². The van der Waals surface area contributed by atoms with Crippen molar-refractivity contribution in [2.45, 2.75) is 12.8 Å². The van der Waals surface area contributed by atoms with Gasteiger partial charge in [0.05, 0.1) is 24.2 Å². The molecule has 2 aromatic heterocycles. The number of carboxylic acids is 1. The number of anilines is 3. The van der Waals surface area contributed by atoms with Gasteiger partial charge in [0.2, 0.25) is 5.91 Å². The summed E-state index contributed by atoms with van der Waals surface area (Å²) in [6.45, 7) is 0. The quantitative estimate of drug-likeness (QED) is 0.388. The van der Waals surface area contributed by atoms with Crippen molar-refractivity contribution in [2.75, 3.05) is 24.8 Å². The minimum Gasteiger partial charge on any atom is -0.494 e. The van der Waals surface area contributed by atoms with Crippen LogP contribution in [0.25, 0.3) is 11.3 Å². The van der Waals surface area contributed by atoms with E-state index in [-0.39, 0.29) is 29.0 Å². The van der Waals surface area contributed by atoms with Crippen LogP contribution in [0.2, 0.25) is 0 Å². The van der Waals surface area contributed by atoms with E-state index in [0.29, 0.717) is 28.4 Å². The molecule has 4 N–H and O–H groups in total. The maximum atomic E-state index is 12.4. The second-order valence-corrected chi connectivity index (χ2v) is 7.45. The maximum Gasteiger partial charge on any atom is 0.356 e. The first-order valence-electron chi connectivity index (χ1n) is 10.3. The Labute approximate surface area is 193 Å². The first kappa shape index (κ1) is 22.6. The van der Waals surface area contributed by atoms with Crippen molar-refractivity contribution < 1.29 is 24.2 Å². The first-order valence-corrected chi connectivity index (χ1v) is 10.3. The molecule has 1 aromatic carbocycles. The van der Waals surface area contributed by atoms with Gasteiger partial charge >= 0.3 is 5.97 Å². The Kier molecular flexibility index (Phi) is 6.30. The molecule has 1 aliphatic rings. The van der Waals surface area contributed by atoms with Gasteiger partial charge in [-0.15, -0.1) is 20.4 Å². The third-order valence-corrected chi connectivity index (χ3v) is 5.08. The number of nitrogens with one attached hydrogen (secondary N) is 3. The Balaban J connectivity index is 1.70. The number of rotatable bonds is 8. The summed E-state index contributed by atoms with van der Waals surface area (Å²) in [5, 5.41) is 33.0. The molecule has 12 heteroatoms. The highest BCUT2D eigenvalue weighted by molar-refractivity contribution is 6.00. The van der Waals surface area contributed by atoms with Crippen LogP contribution in [0.5, 0.6) is 5.75 Å². The van der Waals surface area contributed by atoms with Crippen molar-refractivity contribution in [3.63, 3.8) is 0 Å².